The van der Waals surface area contributed by atoms with E-state index < -0.39 is 0 Å². The van der Waals surface area contributed by atoms with Crippen molar-refractivity contribution in [3.05, 3.63) is 0 Å². The molecule has 0 aromatic carbocycles. The van der Waals surface area contributed by atoms with Crippen LogP contribution in [0, 0.1) is 22.7 Å². The van der Waals surface area contributed by atoms with Gasteiger partial charge in [-0.15, -0.1) is 0 Å². The number of rotatable bonds is 2. The zero-order valence-corrected chi connectivity index (χ0v) is 13.3. The first-order valence-corrected chi connectivity index (χ1v) is 8.37. The first-order valence-electron chi connectivity index (χ1n) is 8.37. The van der Waals surface area contributed by atoms with E-state index in [1.807, 2.05) is 0 Å². The number of hydrogen-bond acceptors (Lipinski definition) is 3. The molecule has 3 aliphatic rings. The number of fused-ring (bicyclic) bond motifs is 2. The fourth-order valence-electron chi connectivity index (χ4n) is 5.61. The second-order valence-corrected chi connectivity index (χ2v) is 7.73. The Balaban J connectivity index is 1.98. The second-order valence-electron chi connectivity index (χ2n) is 7.73. The molecule has 0 aromatic rings. The third-order valence-electron chi connectivity index (χ3n) is 7.06. The predicted octanol–water partition coefficient (Wildman–Crippen LogP) is 3.35. The van der Waals surface area contributed by atoms with Gasteiger partial charge in [0.2, 0.25) is 0 Å². The zero-order chi connectivity index (χ0) is 14.4. The van der Waals surface area contributed by atoms with Crippen LogP contribution < -0.4 is 0 Å². The molecular formula is C17H30O3. The summed E-state index contributed by atoms with van der Waals surface area (Å²) in [5.41, 5.74) is 0.322. The molecule has 0 aromatic heterocycles. The maximum atomic E-state index is 9.57. The maximum Gasteiger partial charge on any atom is 0.174 e. The van der Waals surface area contributed by atoms with Crippen molar-refractivity contribution >= 4 is 0 Å². The van der Waals surface area contributed by atoms with Crippen LogP contribution in [0.15, 0.2) is 0 Å². The summed E-state index contributed by atoms with van der Waals surface area (Å²) in [5, 5.41) is 9.57. The molecule has 1 heterocycles. The van der Waals surface area contributed by atoms with Crippen molar-refractivity contribution < 1.29 is 14.6 Å². The highest BCUT2D eigenvalue weighted by atomic mass is 16.7. The van der Waals surface area contributed by atoms with Crippen molar-refractivity contribution in [3.63, 3.8) is 0 Å². The van der Waals surface area contributed by atoms with E-state index in [0.717, 1.165) is 26.1 Å². The Labute approximate surface area is 123 Å². The Kier molecular flexibility index (Phi) is 3.67. The van der Waals surface area contributed by atoms with E-state index in [4.69, 9.17) is 9.47 Å². The molecule has 0 amide bonds. The molecular weight excluding hydrogens is 252 g/mol. The number of aliphatic hydroxyl groups is 1. The quantitative estimate of drug-likeness (QED) is 0.844. The number of hydrogen-bond donors (Lipinski definition) is 1. The molecule has 3 rings (SSSR count). The average molecular weight is 282 g/mol. The Bertz CT molecular complexity index is 363. The topological polar surface area (TPSA) is 38.7 Å². The van der Waals surface area contributed by atoms with Crippen LogP contribution in [-0.2, 0) is 9.47 Å². The van der Waals surface area contributed by atoms with Crippen LogP contribution in [0.4, 0.5) is 0 Å². The highest BCUT2D eigenvalue weighted by Crippen LogP contribution is 2.65. The summed E-state index contributed by atoms with van der Waals surface area (Å²) >= 11 is 0. The largest absolute Gasteiger partial charge is 0.396 e. The summed E-state index contributed by atoms with van der Waals surface area (Å²) in [6, 6.07) is 0. The van der Waals surface area contributed by atoms with E-state index >= 15 is 0 Å². The lowest BCUT2D eigenvalue weighted by atomic mass is 9.45. The first-order chi connectivity index (χ1) is 9.48. The molecule has 1 saturated heterocycles. The molecule has 1 aliphatic heterocycles. The zero-order valence-electron chi connectivity index (χ0n) is 13.3. The van der Waals surface area contributed by atoms with Crippen molar-refractivity contribution in [2.45, 2.75) is 65.1 Å². The Morgan fingerprint density at radius 2 is 1.80 bits per heavy atom. The highest BCUT2D eigenvalue weighted by Gasteiger charge is 2.64. The lowest BCUT2D eigenvalue weighted by molar-refractivity contribution is -0.298. The van der Waals surface area contributed by atoms with Gasteiger partial charge in [-0.3, -0.25) is 0 Å². The van der Waals surface area contributed by atoms with Crippen LogP contribution in [0.1, 0.15) is 59.3 Å². The van der Waals surface area contributed by atoms with E-state index in [1.165, 1.54) is 25.7 Å². The fraction of sp³-hybridized carbons (Fsp3) is 1.00. The standard InChI is InChI=1S/C17H30O3/c1-13-6-8-16(3)14(15(13,2)9-10-18)5-4-7-17(16)19-11-12-20-17/h13-14,18H,4-12H2,1-3H3/t13-,14-,15+,16-/m1/s1. The molecule has 3 heteroatoms. The molecule has 3 fully saturated rings. The maximum absolute atomic E-state index is 9.57. The van der Waals surface area contributed by atoms with Crippen molar-refractivity contribution in [2.75, 3.05) is 19.8 Å². The van der Waals surface area contributed by atoms with Gasteiger partial charge in [0.05, 0.1) is 13.2 Å². The van der Waals surface area contributed by atoms with Gasteiger partial charge in [-0.2, -0.15) is 0 Å². The Morgan fingerprint density at radius 1 is 1.10 bits per heavy atom. The van der Waals surface area contributed by atoms with Crippen LogP contribution in [0.2, 0.25) is 0 Å². The van der Waals surface area contributed by atoms with Gasteiger partial charge in [-0.05, 0) is 49.4 Å². The Morgan fingerprint density at radius 3 is 2.45 bits per heavy atom. The van der Waals surface area contributed by atoms with Gasteiger partial charge in [0, 0.05) is 18.4 Å². The molecule has 0 bridgehead atoms. The van der Waals surface area contributed by atoms with Crippen molar-refractivity contribution in [1.29, 1.82) is 0 Å². The molecule has 0 radical (unpaired) electrons. The van der Waals surface area contributed by atoms with Gasteiger partial charge in [0.25, 0.3) is 0 Å². The van der Waals surface area contributed by atoms with Crippen molar-refractivity contribution in [3.8, 4) is 0 Å². The third-order valence-corrected chi connectivity index (χ3v) is 7.06. The van der Waals surface area contributed by atoms with E-state index in [0.29, 0.717) is 18.4 Å². The van der Waals surface area contributed by atoms with E-state index in [9.17, 15) is 5.11 Å². The molecule has 0 unspecified atom stereocenters. The summed E-state index contributed by atoms with van der Waals surface area (Å²) in [4.78, 5) is 0. The minimum atomic E-state index is -0.341. The summed E-state index contributed by atoms with van der Waals surface area (Å²) in [5.74, 6) is 0.925. The first kappa shape index (κ1) is 14.8. The second kappa shape index (κ2) is 4.96. The van der Waals surface area contributed by atoms with Crippen LogP contribution in [0.5, 0.6) is 0 Å². The van der Waals surface area contributed by atoms with Gasteiger partial charge in [0.1, 0.15) is 0 Å². The molecule has 2 saturated carbocycles. The molecule has 116 valence electrons. The Hall–Kier alpha value is -0.120. The summed E-state index contributed by atoms with van der Waals surface area (Å²) < 4.78 is 12.4. The summed E-state index contributed by atoms with van der Waals surface area (Å²) in [7, 11) is 0. The van der Waals surface area contributed by atoms with Gasteiger partial charge in [-0.25, -0.2) is 0 Å². The number of ether oxygens (including phenoxy) is 2. The van der Waals surface area contributed by atoms with Crippen LogP contribution >= 0.6 is 0 Å². The monoisotopic (exact) mass is 282 g/mol. The highest BCUT2D eigenvalue weighted by molar-refractivity contribution is 5.09. The van der Waals surface area contributed by atoms with E-state index in [-0.39, 0.29) is 16.6 Å². The van der Waals surface area contributed by atoms with Crippen LogP contribution in [-0.4, -0.2) is 30.7 Å². The summed E-state index contributed by atoms with van der Waals surface area (Å²) in [6.07, 6.45) is 6.81. The van der Waals surface area contributed by atoms with Crippen LogP contribution in [0.25, 0.3) is 0 Å². The average Bonchev–Trinajstić information content (AvgIpc) is 2.88. The minimum Gasteiger partial charge on any atom is -0.396 e. The summed E-state index contributed by atoms with van der Waals surface area (Å²) in [6.45, 7) is 8.94. The van der Waals surface area contributed by atoms with Gasteiger partial charge in [-0.1, -0.05) is 20.8 Å². The lowest BCUT2D eigenvalue weighted by Gasteiger charge is -2.62. The normalized spacial score (nSPS) is 47.4. The molecule has 20 heavy (non-hydrogen) atoms. The molecule has 3 nitrogen and oxygen atoms in total. The lowest BCUT2D eigenvalue weighted by Crippen LogP contribution is -2.61. The molecule has 1 N–H and O–H groups in total. The molecule has 2 aliphatic carbocycles. The van der Waals surface area contributed by atoms with E-state index in [2.05, 4.69) is 20.8 Å². The van der Waals surface area contributed by atoms with Gasteiger partial charge >= 0.3 is 0 Å². The minimum absolute atomic E-state index is 0.109. The molecule has 4 atom stereocenters. The SMILES string of the molecule is C[C@@H]1CC[C@]2(C)[C@H](CCCC23OCCO3)[C@@]1(C)CCO. The fourth-order valence-corrected chi connectivity index (χ4v) is 5.61. The van der Waals surface area contributed by atoms with Gasteiger partial charge in [0.15, 0.2) is 5.79 Å². The van der Waals surface area contributed by atoms with Crippen molar-refractivity contribution in [2.24, 2.45) is 22.7 Å². The third kappa shape index (κ3) is 1.82. The number of aliphatic hydroxyl groups excluding tert-OH is 1. The van der Waals surface area contributed by atoms with E-state index in [1.54, 1.807) is 0 Å². The van der Waals surface area contributed by atoms with Crippen molar-refractivity contribution in [1.82, 2.24) is 0 Å². The van der Waals surface area contributed by atoms with Crippen LogP contribution in [0.3, 0.4) is 0 Å². The predicted molar refractivity (Wildman–Crippen MR) is 78.3 cm³/mol. The smallest absolute Gasteiger partial charge is 0.174 e. The van der Waals surface area contributed by atoms with Gasteiger partial charge < -0.3 is 14.6 Å². The molecule has 1 spiro atoms.